The van der Waals surface area contributed by atoms with Crippen LogP contribution in [0.3, 0.4) is 0 Å². The molecule has 7 heterocycles. The predicted molar refractivity (Wildman–Crippen MR) is 416 cm³/mol. The summed E-state index contributed by atoms with van der Waals surface area (Å²) >= 11 is 1.88. The van der Waals surface area contributed by atoms with Crippen molar-refractivity contribution in [1.82, 2.24) is 16.0 Å². The van der Waals surface area contributed by atoms with E-state index in [0.717, 1.165) is 34.9 Å². The van der Waals surface area contributed by atoms with Crippen LogP contribution in [-0.2, 0) is 105 Å². The summed E-state index contributed by atoms with van der Waals surface area (Å²) in [6, 6.07) is 38.4. The number of esters is 2. The maximum Gasteiger partial charge on any atom is 0.471 e. The summed E-state index contributed by atoms with van der Waals surface area (Å²) in [5, 5.41) is 25.5. The number of rotatable bonds is 21. The van der Waals surface area contributed by atoms with E-state index in [1.165, 1.54) is 62.8 Å². The fourth-order valence-electron chi connectivity index (χ4n) is 12.3. The first-order chi connectivity index (χ1) is 56.3. The summed E-state index contributed by atoms with van der Waals surface area (Å²) in [5.74, 6) is -13.3. The second-order valence-corrected chi connectivity index (χ2v) is 29.6. The van der Waals surface area contributed by atoms with Crippen LogP contribution in [0.25, 0.3) is 33.4 Å². The molecule has 660 valence electrons. The summed E-state index contributed by atoms with van der Waals surface area (Å²) in [6.45, 7) is 0.812. The number of fused-ring (bicyclic) bond motifs is 3. The average Bonchev–Trinajstić information content (AvgIpc) is 1.68. The molecule has 21 nitrogen and oxygen atoms in total. The molecule has 13 rings (SSSR count). The number of hydrogen-bond acceptors (Lipinski definition) is 17. The monoisotopic (exact) mass is 1830 g/mol. The number of carbonyl (C=O) groups is 9. The number of amides is 5. The number of cyclic esters (lactones) is 2. The Morgan fingerprint density at radius 1 is 0.472 bits per heavy atom. The Balaban J connectivity index is 0.000000236. The van der Waals surface area contributed by atoms with Crippen LogP contribution < -0.4 is 45.3 Å². The number of carboxylic acids is 2. The SMILES string of the molecule is C.C.Cl.FC(F)(F)c1sc(COc2ccc3c(c2)CCN3)cc1-c1ccccc1.O=C(O)C[C@@H](NC(=O)C(F)(F)F)C(=O)N1CCc2cc(OCc3cc(-c4ccccc4)c(C(F)(F)F)s3)ccc21.O=C(O)[C@@H](CC(=O)N1CCc2cc(OCc3cc(-c4ccccc4)c(C(F)(F)F)s3)ccc21)NC(=O)C(F)(F)F.O=C1C[C@@H](NC(=O)C(F)(F)F)C(=O)O1. The number of anilines is 3. The molecular formula is C80H69ClF18N6O15S3. The molecule has 43 heteroatoms. The fraction of sp³-hybridized carbons (Fsp3) is 0.287. The molecule has 0 unspecified atom stereocenters. The molecule has 1 saturated heterocycles. The normalized spacial score (nSPS) is 14.4. The van der Waals surface area contributed by atoms with E-state index in [-0.39, 0.29) is 94.7 Å². The molecule has 5 amide bonds. The van der Waals surface area contributed by atoms with E-state index in [1.807, 2.05) is 18.2 Å². The third-order valence-electron chi connectivity index (χ3n) is 17.7. The molecule has 3 aromatic heterocycles. The van der Waals surface area contributed by atoms with Crippen molar-refractivity contribution in [2.75, 3.05) is 34.8 Å². The molecule has 123 heavy (non-hydrogen) atoms. The zero-order chi connectivity index (χ0) is 87.6. The van der Waals surface area contributed by atoms with Crippen molar-refractivity contribution in [3.05, 3.63) is 210 Å². The quantitative estimate of drug-likeness (QED) is 0.0221. The number of thiophene rings is 3. The lowest BCUT2D eigenvalue weighted by Crippen LogP contribution is -2.52. The lowest BCUT2D eigenvalue weighted by Gasteiger charge is -2.24. The number of alkyl halides is 18. The van der Waals surface area contributed by atoms with E-state index < -0.39 is 142 Å². The van der Waals surface area contributed by atoms with Crippen molar-refractivity contribution in [3.8, 4) is 50.6 Å². The molecule has 9 aromatic rings. The average molecular weight is 1830 g/mol. The van der Waals surface area contributed by atoms with Gasteiger partial charge in [-0.3, -0.25) is 33.6 Å². The molecule has 0 bridgehead atoms. The van der Waals surface area contributed by atoms with Gasteiger partial charge in [-0.05, 0) is 125 Å². The number of carbonyl (C=O) groups excluding carboxylic acids is 7. The molecule has 4 aliphatic rings. The van der Waals surface area contributed by atoms with Crippen LogP contribution in [0, 0.1) is 0 Å². The van der Waals surface area contributed by atoms with Crippen LogP contribution in [0.15, 0.2) is 164 Å². The van der Waals surface area contributed by atoms with Gasteiger partial charge in [-0.25, -0.2) is 9.59 Å². The van der Waals surface area contributed by atoms with E-state index in [1.54, 1.807) is 109 Å². The number of nitrogens with one attached hydrogen (secondary N) is 4. The van der Waals surface area contributed by atoms with E-state index in [9.17, 15) is 122 Å². The topological polar surface area (TPSA) is 286 Å². The Morgan fingerprint density at radius 2 is 0.846 bits per heavy atom. The van der Waals surface area contributed by atoms with Crippen molar-refractivity contribution in [2.24, 2.45) is 0 Å². The molecule has 6 aromatic carbocycles. The van der Waals surface area contributed by atoms with Crippen LogP contribution >= 0.6 is 46.4 Å². The first-order valence-electron chi connectivity index (χ1n) is 35.0. The van der Waals surface area contributed by atoms with E-state index in [2.05, 4.69) is 10.1 Å². The zero-order valence-electron chi connectivity index (χ0n) is 61.3. The second-order valence-electron chi connectivity index (χ2n) is 26.1. The number of hydrogen-bond donors (Lipinski definition) is 6. The minimum Gasteiger partial charge on any atom is -0.488 e. The van der Waals surface area contributed by atoms with Crippen LogP contribution in [0.4, 0.5) is 96.1 Å². The Labute approximate surface area is 704 Å². The number of benzene rings is 6. The molecule has 1 fully saturated rings. The molecule has 6 N–H and O–H groups in total. The van der Waals surface area contributed by atoms with Gasteiger partial charge in [0.2, 0.25) is 11.8 Å². The van der Waals surface area contributed by atoms with Gasteiger partial charge in [-0.1, -0.05) is 106 Å². The lowest BCUT2D eigenvalue weighted by molar-refractivity contribution is -0.175. The molecule has 0 spiro atoms. The van der Waals surface area contributed by atoms with Crippen molar-refractivity contribution in [1.29, 1.82) is 0 Å². The molecule has 3 atom stereocenters. The number of aliphatic carboxylic acids is 2. The van der Waals surface area contributed by atoms with Crippen molar-refractivity contribution >= 4 is 117 Å². The summed E-state index contributed by atoms with van der Waals surface area (Å²) in [5.41, 5.74) is 5.79. The van der Waals surface area contributed by atoms with Gasteiger partial charge in [0.25, 0.3) is 0 Å². The maximum atomic E-state index is 13.6. The van der Waals surface area contributed by atoms with Gasteiger partial charge in [0.05, 0.1) is 19.3 Å². The summed E-state index contributed by atoms with van der Waals surface area (Å²) in [4.78, 5) is 103. The second kappa shape index (κ2) is 40.8. The number of nitrogens with zero attached hydrogens (tertiary/aromatic N) is 2. The maximum absolute atomic E-state index is 13.6. The van der Waals surface area contributed by atoms with E-state index >= 15 is 0 Å². The highest BCUT2D eigenvalue weighted by Crippen LogP contribution is 2.47. The third-order valence-corrected chi connectivity index (χ3v) is 21.1. The molecule has 0 radical (unpaired) electrons. The lowest BCUT2D eigenvalue weighted by atomic mass is 10.1. The summed E-state index contributed by atoms with van der Waals surface area (Å²) in [6.07, 6.45) is -30.2. The van der Waals surface area contributed by atoms with Gasteiger partial charge < -0.3 is 60.2 Å². The van der Waals surface area contributed by atoms with Gasteiger partial charge in [0.15, 0.2) is 0 Å². The van der Waals surface area contributed by atoms with E-state index in [4.69, 9.17) is 24.4 Å². The number of ether oxygens (including phenoxy) is 4. The zero-order valence-corrected chi connectivity index (χ0v) is 64.6. The molecular weight excluding hydrogens is 1760 g/mol. The first kappa shape index (κ1) is 98.2. The van der Waals surface area contributed by atoms with Crippen LogP contribution in [0.2, 0.25) is 0 Å². The van der Waals surface area contributed by atoms with Gasteiger partial charge in [0, 0.05) is 68.0 Å². The first-order valence-corrected chi connectivity index (χ1v) is 37.4. The Bertz CT molecular complexity index is 5280. The third kappa shape index (κ3) is 26.1. The Kier molecular flexibility index (Phi) is 32.6. The highest BCUT2D eigenvalue weighted by atomic mass is 35.5. The van der Waals surface area contributed by atoms with Gasteiger partial charge in [-0.15, -0.1) is 46.4 Å². The minimum absolute atomic E-state index is 0. The standard InChI is InChI=1S/2C26H20F6N2O5S.C20H16F3NOS.C6H4F3NO4.2CH4.ClH/c27-25(28,29)22-18(14-4-2-1-3-5-14)11-17(40-22)13-39-16-6-7-20-15(10-16)8-9-34(20)23(37)19(12-21(35)36)33-24(38)26(30,31)32;27-25(28,29)22-18(14-4-2-1-3-5-14)11-17(40-22)13-39-16-6-7-20-15(10-16)8-9-34(20)21(35)12-19(23(36)37)33-24(38)26(30,31)32;21-20(22,23)19-17(13-4-2-1-3-5-13)11-16(26-19)12-25-15-6-7-18-14(10-15)8-9-24-18;7-6(8,9)5(13)10-2-1-3(11)14-4(2)12;;;/h1-7,10-11,19H,8-9,12-13H2,(H,33,38)(H,35,36);1-7,10-11,19H,8-9,12-13H2,(H,33,38)(H,36,37);1-7,10-11,24H,8-9,12H2;2H,1H2,(H,10,13);2*1H4;1H/t2*19-;;2-;;;/m11.1.../s1. The van der Waals surface area contributed by atoms with Crippen molar-refractivity contribution in [3.63, 3.8) is 0 Å². The van der Waals surface area contributed by atoms with Gasteiger partial charge in [0.1, 0.15) is 69.8 Å². The number of halogens is 19. The smallest absolute Gasteiger partial charge is 0.471 e. The van der Waals surface area contributed by atoms with Gasteiger partial charge >= 0.3 is 78.7 Å². The molecule has 0 saturated carbocycles. The highest BCUT2D eigenvalue weighted by molar-refractivity contribution is 7.13. The molecule has 0 aliphatic carbocycles. The Morgan fingerprint density at radius 3 is 1.21 bits per heavy atom. The Hall–Kier alpha value is -11.9. The van der Waals surface area contributed by atoms with E-state index in [0.29, 0.717) is 88.7 Å². The van der Waals surface area contributed by atoms with Gasteiger partial charge in [-0.2, -0.15) is 79.0 Å². The summed E-state index contributed by atoms with van der Waals surface area (Å²) in [7, 11) is 0. The van der Waals surface area contributed by atoms with Crippen LogP contribution in [0.5, 0.6) is 17.2 Å². The number of carboxylic acid groups (broad SMARTS) is 2. The minimum atomic E-state index is -5.31. The van der Waals surface area contributed by atoms with Crippen molar-refractivity contribution in [2.45, 2.75) is 128 Å². The predicted octanol–water partition coefficient (Wildman–Crippen LogP) is 18.0. The summed E-state index contributed by atoms with van der Waals surface area (Å²) < 4.78 is 254. The van der Waals surface area contributed by atoms with Crippen LogP contribution in [-0.4, -0.2) is 120 Å². The highest BCUT2D eigenvalue weighted by Gasteiger charge is 2.47. The largest absolute Gasteiger partial charge is 0.488 e. The van der Waals surface area contributed by atoms with Crippen molar-refractivity contribution < 1.29 is 151 Å². The fourth-order valence-corrected chi connectivity index (χ4v) is 15.2. The van der Waals surface area contributed by atoms with Crippen LogP contribution in [0.1, 0.15) is 80.1 Å². The molecule has 4 aliphatic heterocycles.